The Labute approximate surface area is 135 Å². The first-order chi connectivity index (χ1) is 10.7. The number of rotatable bonds is 3. The molecule has 0 saturated carbocycles. The van der Waals surface area contributed by atoms with Crippen LogP contribution in [0.15, 0.2) is 36.4 Å². The van der Waals surface area contributed by atoms with E-state index in [9.17, 15) is 0 Å². The van der Waals surface area contributed by atoms with Crippen LogP contribution in [-0.4, -0.2) is 6.61 Å². The number of fused-ring (bicyclic) bond motifs is 1. The van der Waals surface area contributed by atoms with E-state index >= 15 is 0 Å². The molecule has 2 aromatic rings. The Kier molecular flexibility index (Phi) is 4.22. The van der Waals surface area contributed by atoms with Crippen LogP contribution in [-0.2, 0) is 6.42 Å². The van der Waals surface area contributed by atoms with Crippen LogP contribution in [0.2, 0.25) is 5.02 Å². The SMILES string of the molecule is CC(Nc1ccc(C#N)cc1Cl)c1ccc2c(c1)CCCO2. The van der Waals surface area contributed by atoms with E-state index in [-0.39, 0.29) is 6.04 Å². The third-order valence-electron chi connectivity index (χ3n) is 3.90. The van der Waals surface area contributed by atoms with Crippen LogP contribution in [0.4, 0.5) is 5.69 Å². The first-order valence-corrected chi connectivity index (χ1v) is 7.77. The minimum Gasteiger partial charge on any atom is -0.493 e. The molecule has 22 heavy (non-hydrogen) atoms. The Bertz CT molecular complexity index is 736. The molecule has 1 N–H and O–H groups in total. The Balaban J connectivity index is 1.80. The smallest absolute Gasteiger partial charge is 0.122 e. The Morgan fingerprint density at radius 2 is 2.14 bits per heavy atom. The van der Waals surface area contributed by atoms with Gasteiger partial charge in [-0.15, -0.1) is 0 Å². The van der Waals surface area contributed by atoms with E-state index in [0.717, 1.165) is 30.9 Å². The Hall–Kier alpha value is -2.18. The van der Waals surface area contributed by atoms with Gasteiger partial charge in [0, 0.05) is 6.04 Å². The first kappa shape index (κ1) is 14.7. The molecule has 0 radical (unpaired) electrons. The number of anilines is 1. The molecule has 3 rings (SSSR count). The third kappa shape index (κ3) is 3.03. The predicted molar refractivity (Wildman–Crippen MR) is 88.5 cm³/mol. The minimum atomic E-state index is 0.123. The number of halogens is 1. The molecule has 3 nitrogen and oxygen atoms in total. The molecule has 4 heteroatoms. The molecular formula is C18H17ClN2O. The van der Waals surface area contributed by atoms with Crippen molar-refractivity contribution in [2.45, 2.75) is 25.8 Å². The lowest BCUT2D eigenvalue weighted by atomic mass is 10.00. The van der Waals surface area contributed by atoms with Gasteiger partial charge in [-0.3, -0.25) is 0 Å². The number of aryl methyl sites for hydroxylation is 1. The van der Waals surface area contributed by atoms with Gasteiger partial charge in [-0.05, 0) is 55.2 Å². The van der Waals surface area contributed by atoms with Gasteiger partial charge in [0.05, 0.1) is 28.9 Å². The van der Waals surface area contributed by atoms with Crippen molar-refractivity contribution in [3.63, 3.8) is 0 Å². The number of hydrogen-bond donors (Lipinski definition) is 1. The van der Waals surface area contributed by atoms with E-state index in [0.29, 0.717) is 10.6 Å². The standard InChI is InChI=1S/C18H17ClN2O/c1-12(21-17-6-4-13(11-20)9-16(17)19)14-5-7-18-15(10-14)3-2-8-22-18/h4-7,9-10,12,21H,2-3,8H2,1H3. The molecule has 1 heterocycles. The molecule has 1 atom stereocenters. The number of nitriles is 1. The molecule has 2 aromatic carbocycles. The highest BCUT2D eigenvalue weighted by Gasteiger charge is 2.14. The lowest BCUT2D eigenvalue weighted by molar-refractivity contribution is 0.288. The summed E-state index contributed by atoms with van der Waals surface area (Å²) in [6, 6.07) is 13.8. The van der Waals surface area contributed by atoms with Crippen molar-refractivity contribution in [1.82, 2.24) is 0 Å². The maximum absolute atomic E-state index is 8.88. The van der Waals surface area contributed by atoms with Gasteiger partial charge < -0.3 is 10.1 Å². The second-order valence-electron chi connectivity index (χ2n) is 5.49. The van der Waals surface area contributed by atoms with Gasteiger partial charge in [0.1, 0.15) is 5.75 Å². The van der Waals surface area contributed by atoms with Crippen LogP contribution >= 0.6 is 11.6 Å². The second kappa shape index (κ2) is 6.29. The van der Waals surface area contributed by atoms with Gasteiger partial charge in [-0.25, -0.2) is 0 Å². The minimum absolute atomic E-state index is 0.123. The van der Waals surface area contributed by atoms with Crippen molar-refractivity contribution in [2.24, 2.45) is 0 Å². The lowest BCUT2D eigenvalue weighted by Crippen LogP contribution is -2.11. The predicted octanol–water partition coefficient (Wildman–Crippen LogP) is 4.71. The van der Waals surface area contributed by atoms with Gasteiger partial charge in [0.15, 0.2) is 0 Å². The number of nitrogens with zero attached hydrogens (tertiary/aromatic N) is 1. The molecule has 0 spiro atoms. The van der Waals surface area contributed by atoms with Gasteiger partial charge in [0.2, 0.25) is 0 Å². The number of hydrogen-bond acceptors (Lipinski definition) is 3. The summed E-state index contributed by atoms with van der Waals surface area (Å²) in [6.45, 7) is 2.90. The summed E-state index contributed by atoms with van der Waals surface area (Å²) in [4.78, 5) is 0. The molecule has 112 valence electrons. The second-order valence-corrected chi connectivity index (χ2v) is 5.90. The van der Waals surface area contributed by atoms with Crippen LogP contribution in [0.1, 0.15) is 36.1 Å². The van der Waals surface area contributed by atoms with Crippen LogP contribution < -0.4 is 10.1 Å². The summed E-state index contributed by atoms with van der Waals surface area (Å²) in [5.74, 6) is 0.999. The molecule has 0 amide bonds. The fourth-order valence-corrected chi connectivity index (χ4v) is 2.90. The van der Waals surface area contributed by atoms with Crippen molar-refractivity contribution in [3.8, 4) is 11.8 Å². The third-order valence-corrected chi connectivity index (χ3v) is 4.22. The summed E-state index contributed by atoms with van der Waals surface area (Å²) >= 11 is 6.22. The van der Waals surface area contributed by atoms with Gasteiger partial charge in [-0.2, -0.15) is 5.26 Å². The molecule has 1 aliphatic rings. The van der Waals surface area contributed by atoms with Crippen LogP contribution in [0.5, 0.6) is 5.75 Å². The Morgan fingerprint density at radius 3 is 2.91 bits per heavy atom. The van der Waals surface area contributed by atoms with Gasteiger partial charge in [0.25, 0.3) is 0 Å². The van der Waals surface area contributed by atoms with Crippen molar-refractivity contribution in [3.05, 3.63) is 58.1 Å². The zero-order valence-corrected chi connectivity index (χ0v) is 13.2. The van der Waals surface area contributed by atoms with Crippen molar-refractivity contribution >= 4 is 17.3 Å². The highest BCUT2D eigenvalue weighted by atomic mass is 35.5. The quantitative estimate of drug-likeness (QED) is 0.892. The highest BCUT2D eigenvalue weighted by Crippen LogP contribution is 2.31. The highest BCUT2D eigenvalue weighted by molar-refractivity contribution is 6.33. The zero-order chi connectivity index (χ0) is 15.5. The fourth-order valence-electron chi connectivity index (χ4n) is 2.67. The van der Waals surface area contributed by atoms with Crippen molar-refractivity contribution in [1.29, 1.82) is 5.26 Å². The topological polar surface area (TPSA) is 45.0 Å². The normalized spacial score (nSPS) is 14.4. The van der Waals surface area contributed by atoms with Crippen LogP contribution in [0.25, 0.3) is 0 Å². The fraction of sp³-hybridized carbons (Fsp3) is 0.278. The summed E-state index contributed by atoms with van der Waals surface area (Å²) in [5.41, 5.74) is 3.87. The van der Waals surface area contributed by atoms with E-state index in [1.54, 1.807) is 12.1 Å². The summed E-state index contributed by atoms with van der Waals surface area (Å²) in [7, 11) is 0. The zero-order valence-electron chi connectivity index (χ0n) is 12.4. The Morgan fingerprint density at radius 1 is 1.27 bits per heavy atom. The number of ether oxygens (including phenoxy) is 1. The molecule has 1 aliphatic heterocycles. The average molecular weight is 313 g/mol. The molecule has 0 aliphatic carbocycles. The monoisotopic (exact) mass is 312 g/mol. The lowest BCUT2D eigenvalue weighted by Gasteiger charge is -2.21. The number of benzene rings is 2. The first-order valence-electron chi connectivity index (χ1n) is 7.39. The van der Waals surface area contributed by atoms with E-state index in [4.69, 9.17) is 21.6 Å². The summed E-state index contributed by atoms with van der Waals surface area (Å²) < 4.78 is 5.65. The van der Waals surface area contributed by atoms with Gasteiger partial charge >= 0.3 is 0 Å². The van der Waals surface area contributed by atoms with Gasteiger partial charge in [-0.1, -0.05) is 23.7 Å². The molecule has 0 saturated heterocycles. The van der Waals surface area contributed by atoms with E-state index in [2.05, 4.69) is 30.4 Å². The van der Waals surface area contributed by atoms with E-state index in [1.165, 1.54) is 11.1 Å². The molecule has 1 unspecified atom stereocenters. The summed E-state index contributed by atoms with van der Waals surface area (Å²) in [5, 5.41) is 12.8. The van der Waals surface area contributed by atoms with E-state index < -0.39 is 0 Å². The van der Waals surface area contributed by atoms with E-state index in [1.807, 2.05) is 12.1 Å². The van der Waals surface area contributed by atoms with Crippen molar-refractivity contribution in [2.75, 3.05) is 11.9 Å². The average Bonchev–Trinajstić information content (AvgIpc) is 2.56. The largest absolute Gasteiger partial charge is 0.493 e. The molecule has 0 fully saturated rings. The maximum Gasteiger partial charge on any atom is 0.122 e. The molecular weight excluding hydrogens is 296 g/mol. The van der Waals surface area contributed by atoms with Crippen LogP contribution in [0, 0.1) is 11.3 Å². The van der Waals surface area contributed by atoms with Crippen LogP contribution in [0.3, 0.4) is 0 Å². The molecule has 0 aromatic heterocycles. The van der Waals surface area contributed by atoms with Crippen molar-refractivity contribution < 1.29 is 4.74 Å². The summed E-state index contributed by atoms with van der Waals surface area (Å²) in [6.07, 6.45) is 2.13. The number of nitrogens with one attached hydrogen (secondary N) is 1. The maximum atomic E-state index is 8.88. The molecule has 0 bridgehead atoms.